The van der Waals surface area contributed by atoms with Crippen LogP contribution in [-0.2, 0) is 14.3 Å². The van der Waals surface area contributed by atoms with Crippen LogP contribution in [0.15, 0.2) is 0 Å². The lowest BCUT2D eigenvalue weighted by Crippen LogP contribution is -2.54. The van der Waals surface area contributed by atoms with Crippen molar-refractivity contribution in [2.24, 2.45) is 0 Å². The van der Waals surface area contributed by atoms with Crippen molar-refractivity contribution >= 4 is 5.91 Å². The summed E-state index contributed by atoms with van der Waals surface area (Å²) in [5.41, 5.74) is -0.537. The first kappa shape index (κ1) is 13.4. The molecule has 0 saturated carbocycles. The molecule has 94 valence electrons. The highest BCUT2D eigenvalue weighted by Gasteiger charge is 2.26. The summed E-state index contributed by atoms with van der Waals surface area (Å²) < 4.78 is 10.7. The van der Waals surface area contributed by atoms with E-state index in [1.807, 2.05) is 20.8 Å². The van der Waals surface area contributed by atoms with E-state index in [0.29, 0.717) is 26.4 Å². The molecule has 0 aromatic rings. The summed E-state index contributed by atoms with van der Waals surface area (Å²) in [6.07, 6.45) is -0.0184. The minimum absolute atomic E-state index is 0.0106. The van der Waals surface area contributed by atoms with E-state index in [2.05, 4.69) is 10.6 Å². The van der Waals surface area contributed by atoms with Crippen molar-refractivity contribution in [3.05, 3.63) is 0 Å². The molecule has 5 heteroatoms. The number of carbonyl (C=O) groups is 1. The van der Waals surface area contributed by atoms with Crippen LogP contribution in [-0.4, -0.2) is 50.5 Å². The molecule has 0 spiro atoms. The standard InChI is InChI=1S/C11H22N2O3/c1-4-13-11(2,3)10(14)12-7-9-8-15-5-6-16-9/h9,13H,4-8H2,1-3H3,(H,12,14). The SMILES string of the molecule is CCNC(C)(C)C(=O)NCC1COCCO1. The van der Waals surface area contributed by atoms with Gasteiger partial charge in [0.25, 0.3) is 0 Å². The van der Waals surface area contributed by atoms with Crippen molar-refractivity contribution in [1.82, 2.24) is 10.6 Å². The molecule has 1 aliphatic heterocycles. The summed E-state index contributed by atoms with van der Waals surface area (Å²) in [6.45, 7) is 8.80. The Morgan fingerprint density at radius 1 is 1.44 bits per heavy atom. The summed E-state index contributed by atoms with van der Waals surface area (Å²) in [4.78, 5) is 11.8. The molecule has 1 aliphatic rings. The number of nitrogens with one attached hydrogen (secondary N) is 2. The van der Waals surface area contributed by atoms with E-state index in [9.17, 15) is 4.79 Å². The van der Waals surface area contributed by atoms with Crippen molar-refractivity contribution in [3.8, 4) is 0 Å². The zero-order valence-electron chi connectivity index (χ0n) is 10.3. The second kappa shape index (κ2) is 6.18. The van der Waals surface area contributed by atoms with Crippen LogP contribution in [0, 0.1) is 0 Å². The van der Waals surface area contributed by atoms with Crippen molar-refractivity contribution < 1.29 is 14.3 Å². The Bertz CT molecular complexity index is 225. The minimum atomic E-state index is -0.537. The second-order valence-electron chi connectivity index (χ2n) is 4.43. The van der Waals surface area contributed by atoms with Gasteiger partial charge in [0.15, 0.2) is 0 Å². The number of hydrogen-bond acceptors (Lipinski definition) is 4. The Balaban J connectivity index is 2.28. The fourth-order valence-corrected chi connectivity index (χ4v) is 1.60. The summed E-state index contributed by atoms with van der Waals surface area (Å²) in [5, 5.41) is 6.00. The van der Waals surface area contributed by atoms with Crippen LogP contribution in [0.1, 0.15) is 20.8 Å². The topological polar surface area (TPSA) is 59.6 Å². The van der Waals surface area contributed by atoms with Gasteiger partial charge in [0, 0.05) is 6.54 Å². The van der Waals surface area contributed by atoms with Gasteiger partial charge in [-0.15, -0.1) is 0 Å². The summed E-state index contributed by atoms with van der Waals surface area (Å²) in [6, 6.07) is 0. The number of hydrogen-bond donors (Lipinski definition) is 2. The fourth-order valence-electron chi connectivity index (χ4n) is 1.60. The maximum Gasteiger partial charge on any atom is 0.239 e. The first-order valence-corrected chi connectivity index (χ1v) is 5.79. The van der Waals surface area contributed by atoms with E-state index in [1.165, 1.54) is 0 Å². The number of amides is 1. The third-order valence-corrected chi connectivity index (χ3v) is 2.56. The highest BCUT2D eigenvalue weighted by molar-refractivity contribution is 5.85. The van der Waals surface area contributed by atoms with E-state index in [0.717, 1.165) is 6.54 Å². The highest BCUT2D eigenvalue weighted by Crippen LogP contribution is 2.03. The maximum atomic E-state index is 11.8. The van der Waals surface area contributed by atoms with Crippen molar-refractivity contribution in [2.45, 2.75) is 32.4 Å². The lowest BCUT2D eigenvalue weighted by Gasteiger charge is -2.27. The average molecular weight is 230 g/mol. The number of ether oxygens (including phenoxy) is 2. The van der Waals surface area contributed by atoms with Crippen LogP contribution >= 0.6 is 0 Å². The molecule has 1 fully saturated rings. The predicted octanol–water partition coefficient (Wildman–Crippen LogP) is -0.0939. The normalized spacial score (nSPS) is 21.8. The van der Waals surface area contributed by atoms with Gasteiger partial charge in [0.05, 0.1) is 31.5 Å². The lowest BCUT2D eigenvalue weighted by atomic mass is 10.0. The minimum Gasteiger partial charge on any atom is -0.376 e. The van der Waals surface area contributed by atoms with E-state index in [1.54, 1.807) is 0 Å². The maximum absolute atomic E-state index is 11.8. The summed E-state index contributed by atoms with van der Waals surface area (Å²) in [7, 11) is 0. The summed E-state index contributed by atoms with van der Waals surface area (Å²) >= 11 is 0. The molecule has 0 aromatic heterocycles. The fraction of sp³-hybridized carbons (Fsp3) is 0.909. The average Bonchev–Trinajstić information content (AvgIpc) is 2.27. The quantitative estimate of drug-likeness (QED) is 0.693. The van der Waals surface area contributed by atoms with Gasteiger partial charge < -0.3 is 20.1 Å². The van der Waals surface area contributed by atoms with Gasteiger partial charge in [-0.3, -0.25) is 4.79 Å². The van der Waals surface area contributed by atoms with Crippen molar-refractivity contribution in [2.75, 3.05) is 32.9 Å². The molecule has 2 N–H and O–H groups in total. The predicted molar refractivity (Wildman–Crippen MR) is 61.3 cm³/mol. The van der Waals surface area contributed by atoms with Gasteiger partial charge in [-0.1, -0.05) is 6.92 Å². The number of carbonyl (C=O) groups excluding carboxylic acids is 1. The molecule has 5 nitrogen and oxygen atoms in total. The molecular formula is C11H22N2O3. The Labute approximate surface area is 96.9 Å². The van der Waals surface area contributed by atoms with Gasteiger partial charge in [-0.05, 0) is 20.4 Å². The monoisotopic (exact) mass is 230 g/mol. The van der Waals surface area contributed by atoms with E-state index >= 15 is 0 Å². The number of likely N-dealkylation sites (N-methyl/N-ethyl adjacent to an activating group) is 1. The van der Waals surface area contributed by atoms with E-state index < -0.39 is 5.54 Å². The molecule has 1 heterocycles. The van der Waals surface area contributed by atoms with Crippen LogP contribution in [0.3, 0.4) is 0 Å². The smallest absolute Gasteiger partial charge is 0.239 e. The Kier molecular flexibility index (Phi) is 5.18. The molecule has 16 heavy (non-hydrogen) atoms. The van der Waals surface area contributed by atoms with Crippen molar-refractivity contribution in [1.29, 1.82) is 0 Å². The van der Waals surface area contributed by atoms with Crippen LogP contribution in [0.25, 0.3) is 0 Å². The van der Waals surface area contributed by atoms with Crippen LogP contribution in [0.4, 0.5) is 0 Å². The second-order valence-corrected chi connectivity index (χ2v) is 4.43. The van der Waals surface area contributed by atoms with Crippen LogP contribution in [0.2, 0.25) is 0 Å². The number of rotatable bonds is 5. The van der Waals surface area contributed by atoms with E-state index in [-0.39, 0.29) is 12.0 Å². The van der Waals surface area contributed by atoms with E-state index in [4.69, 9.17) is 9.47 Å². The first-order valence-electron chi connectivity index (χ1n) is 5.79. The zero-order chi connectivity index (χ0) is 12.0. The molecule has 1 unspecified atom stereocenters. The van der Waals surface area contributed by atoms with Gasteiger partial charge >= 0.3 is 0 Å². The summed E-state index contributed by atoms with van der Waals surface area (Å²) in [5.74, 6) is -0.0106. The molecule has 1 rings (SSSR count). The largest absolute Gasteiger partial charge is 0.376 e. The Morgan fingerprint density at radius 3 is 2.75 bits per heavy atom. The third-order valence-electron chi connectivity index (χ3n) is 2.56. The molecule has 1 atom stereocenters. The van der Waals surface area contributed by atoms with Crippen LogP contribution in [0.5, 0.6) is 0 Å². The van der Waals surface area contributed by atoms with Gasteiger partial charge in [0.1, 0.15) is 0 Å². The molecule has 0 aliphatic carbocycles. The van der Waals surface area contributed by atoms with Crippen LogP contribution < -0.4 is 10.6 Å². The zero-order valence-corrected chi connectivity index (χ0v) is 10.3. The van der Waals surface area contributed by atoms with Gasteiger partial charge in [0.2, 0.25) is 5.91 Å². The lowest BCUT2D eigenvalue weighted by molar-refractivity contribution is -0.129. The Hall–Kier alpha value is -0.650. The molecular weight excluding hydrogens is 208 g/mol. The molecule has 1 amide bonds. The molecule has 0 aromatic carbocycles. The molecule has 0 radical (unpaired) electrons. The highest BCUT2D eigenvalue weighted by atomic mass is 16.6. The molecule has 0 bridgehead atoms. The van der Waals surface area contributed by atoms with Gasteiger partial charge in [-0.2, -0.15) is 0 Å². The Morgan fingerprint density at radius 2 is 2.19 bits per heavy atom. The van der Waals surface area contributed by atoms with Crippen molar-refractivity contribution in [3.63, 3.8) is 0 Å². The molecule has 1 saturated heterocycles. The third kappa shape index (κ3) is 4.08. The first-order chi connectivity index (χ1) is 7.56. The van der Waals surface area contributed by atoms with Gasteiger partial charge in [-0.25, -0.2) is 0 Å².